The number of nitrogens with one attached hydrogen (secondary N) is 1. The molecule has 0 aliphatic carbocycles. The lowest BCUT2D eigenvalue weighted by Crippen LogP contribution is -2.45. The van der Waals surface area contributed by atoms with Crippen LogP contribution in [0.2, 0.25) is 0 Å². The summed E-state index contributed by atoms with van der Waals surface area (Å²) in [4.78, 5) is 39.8. The Morgan fingerprint density at radius 1 is 1.38 bits per heavy atom. The van der Waals surface area contributed by atoms with E-state index in [1.165, 1.54) is 23.0 Å². The van der Waals surface area contributed by atoms with Crippen molar-refractivity contribution >= 4 is 23.5 Å². The third-order valence-electron chi connectivity index (χ3n) is 4.85. The third-order valence-corrected chi connectivity index (χ3v) is 4.85. The van der Waals surface area contributed by atoms with E-state index in [1.807, 2.05) is 6.92 Å². The minimum atomic E-state index is -0.830. The zero-order valence-electron chi connectivity index (χ0n) is 14.7. The maximum atomic E-state index is 12.4. The molecule has 3 rings (SSSR count). The minimum absolute atomic E-state index is 0.112. The molecule has 0 saturated carbocycles. The van der Waals surface area contributed by atoms with E-state index in [2.05, 4.69) is 10.1 Å². The van der Waals surface area contributed by atoms with Crippen molar-refractivity contribution < 1.29 is 14.3 Å². The van der Waals surface area contributed by atoms with E-state index < -0.39 is 11.5 Å². The van der Waals surface area contributed by atoms with Gasteiger partial charge in [0.15, 0.2) is 0 Å². The number of aromatic amines is 1. The molecule has 1 aliphatic heterocycles. The predicted octanol–water partition coefficient (Wildman–Crippen LogP) is 0.162. The highest BCUT2D eigenvalue weighted by atomic mass is 16.5. The molecule has 1 saturated heterocycles. The number of hydrogen-bond acceptors (Lipinski definition) is 5. The fourth-order valence-electron chi connectivity index (χ4n) is 2.93. The van der Waals surface area contributed by atoms with Gasteiger partial charge in [0, 0.05) is 38.0 Å². The summed E-state index contributed by atoms with van der Waals surface area (Å²) in [5, 5.41) is 4.07. The van der Waals surface area contributed by atoms with Gasteiger partial charge in [-0.15, -0.1) is 0 Å². The van der Waals surface area contributed by atoms with Gasteiger partial charge < -0.3 is 20.4 Å². The van der Waals surface area contributed by atoms with Gasteiger partial charge in [-0.25, -0.2) is 4.52 Å². The van der Waals surface area contributed by atoms with Crippen LogP contribution in [-0.4, -0.2) is 57.1 Å². The number of fused-ring (bicyclic) bond motifs is 1. The highest BCUT2D eigenvalue weighted by Gasteiger charge is 2.30. The van der Waals surface area contributed by atoms with Gasteiger partial charge in [-0.05, 0) is 25.8 Å². The quantitative estimate of drug-likeness (QED) is 0.753. The minimum Gasteiger partial charge on any atom is -0.378 e. The monoisotopic (exact) mass is 359 g/mol. The van der Waals surface area contributed by atoms with Crippen LogP contribution in [0.1, 0.15) is 35.7 Å². The van der Waals surface area contributed by atoms with E-state index in [1.54, 1.807) is 18.1 Å². The van der Waals surface area contributed by atoms with Crippen LogP contribution in [0.25, 0.3) is 11.7 Å². The first-order valence-corrected chi connectivity index (χ1v) is 8.25. The Labute approximate surface area is 149 Å². The SMILES string of the molecule is COC1(C)CCN(C(=O)C=Cc2cnn3cc(C(N)=O)c(=O)[nH]c23)CC1. The van der Waals surface area contributed by atoms with Crippen molar-refractivity contribution in [3.05, 3.63) is 40.0 Å². The topological polar surface area (TPSA) is 123 Å². The summed E-state index contributed by atoms with van der Waals surface area (Å²) >= 11 is 0. The standard InChI is InChI=1S/C17H21N5O4/c1-17(26-2)5-7-21(8-6-17)13(23)4-3-11-9-19-22-10-12(14(18)24)16(25)20-15(11)22/h3-4,9-10H,5-8H2,1-2H3,(H2,18,24)(H,20,25). The Morgan fingerprint density at radius 2 is 2.08 bits per heavy atom. The van der Waals surface area contributed by atoms with E-state index in [0.717, 1.165) is 12.8 Å². The van der Waals surface area contributed by atoms with Crippen LogP contribution < -0.4 is 11.3 Å². The molecule has 2 aromatic heterocycles. The van der Waals surface area contributed by atoms with Crippen molar-refractivity contribution in [1.29, 1.82) is 0 Å². The molecule has 2 amide bonds. The first kappa shape index (κ1) is 17.9. The number of likely N-dealkylation sites (tertiary alicyclic amines) is 1. The van der Waals surface area contributed by atoms with E-state index >= 15 is 0 Å². The van der Waals surface area contributed by atoms with Gasteiger partial charge in [0.05, 0.1) is 11.8 Å². The summed E-state index contributed by atoms with van der Waals surface area (Å²) in [6.45, 7) is 3.29. The molecule has 0 aromatic carbocycles. The number of methoxy groups -OCH3 is 1. The normalized spacial score (nSPS) is 17.1. The van der Waals surface area contributed by atoms with E-state index in [9.17, 15) is 14.4 Å². The number of primary amides is 1. The number of ether oxygens (including phenoxy) is 1. The molecule has 0 radical (unpaired) electrons. The summed E-state index contributed by atoms with van der Waals surface area (Å²) in [6.07, 6.45) is 7.37. The van der Waals surface area contributed by atoms with Crippen LogP contribution in [0.15, 0.2) is 23.3 Å². The number of piperidine rings is 1. The number of aromatic nitrogens is 3. The van der Waals surface area contributed by atoms with Crippen molar-refractivity contribution in [2.75, 3.05) is 20.2 Å². The molecule has 0 unspecified atom stereocenters. The molecule has 26 heavy (non-hydrogen) atoms. The van der Waals surface area contributed by atoms with Crippen molar-refractivity contribution in [3.63, 3.8) is 0 Å². The molecule has 1 fully saturated rings. The third kappa shape index (κ3) is 3.38. The first-order chi connectivity index (χ1) is 12.3. The summed E-state index contributed by atoms with van der Waals surface area (Å²) in [6, 6.07) is 0. The fraction of sp³-hybridized carbons (Fsp3) is 0.412. The second kappa shape index (κ2) is 6.75. The van der Waals surface area contributed by atoms with Crippen LogP contribution in [0.3, 0.4) is 0 Å². The summed E-state index contributed by atoms with van der Waals surface area (Å²) < 4.78 is 6.82. The second-order valence-corrected chi connectivity index (χ2v) is 6.57. The van der Waals surface area contributed by atoms with Gasteiger partial charge in [-0.2, -0.15) is 5.10 Å². The molecule has 3 heterocycles. The number of nitrogens with two attached hydrogens (primary N) is 1. The Hall–Kier alpha value is -2.94. The van der Waals surface area contributed by atoms with E-state index in [4.69, 9.17) is 10.5 Å². The van der Waals surface area contributed by atoms with E-state index in [-0.39, 0.29) is 17.1 Å². The molecular formula is C17H21N5O4. The summed E-state index contributed by atoms with van der Waals surface area (Å²) in [5.41, 5.74) is 5.14. The molecule has 0 spiro atoms. The van der Waals surface area contributed by atoms with Gasteiger partial charge in [0.25, 0.3) is 11.5 Å². The lowest BCUT2D eigenvalue weighted by molar-refractivity contribution is -0.130. The summed E-state index contributed by atoms with van der Waals surface area (Å²) in [7, 11) is 1.69. The molecule has 9 heteroatoms. The highest BCUT2D eigenvalue weighted by molar-refractivity contribution is 5.93. The van der Waals surface area contributed by atoms with E-state index in [0.29, 0.717) is 24.3 Å². The Kier molecular flexibility index (Phi) is 4.64. The molecule has 0 atom stereocenters. The zero-order chi connectivity index (χ0) is 18.9. The first-order valence-electron chi connectivity index (χ1n) is 8.25. The Bertz CT molecular complexity index is 934. The molecule has 138 valence electrons. The molecule has 2 aromatic rings. The van der Waals surface area contributed by atoms with Crippen molar-refractivity contribution in [2.45, 2.75) is 25.4 Å². The number of carbonyl (C=O) groups is 2. The largest absolute Gasteiger partial charge is 0.378 e. The van der Waals surface area contributed by atoms with Crippen LogP contribution in [0.5, 0.6) is 0 Å². The van der Waals surface area contributed by atoms with Crippen LogP contribution >= 0.6 is 0 Å². The smallest absolute Gasteiger partial charge is 0.264 e. The lowest BCUT2D eigenvalue weighted by atomic mass is 9.93. The van der Waals surface area contributed by atoms with Gasteiger partial charge in [0.2, 0.25) is 5.91 Å². The number of H-pyrrole nitrogens is 1. The van der Waals surface area contributed by atoms with Gasteiger partial charge in [0.1, 0.15) is 11.2 Å². The Morgan fingerprint density at radius 3 is 2.69 bits per heavy atom. The van der Waals surface area contributed by atoms with Gasteiger partial charge >= 0.3 is 0 Å². The number of hydrogen-bond donors (Lipinski definition) is 2. The predicted molar refractivity (Wildman–Crippen MR) is 94.6 cm³/mol. The Balaban J connectivity index is 1.77. The zero-order valence-corrected chi connectivity index (χ0v) is 14.7. The van der Waals surface area contributed by atoms with Crippen LogP contribution in [0, 0.1) is 0 Å². The van der Waals surface area contributed by atoms with Gasteiger partial charge in [-0.1, -0.05) is 0 Å². The molecule has 0 bridgehead atoms. The van der Waals surface area contributed by atoms with Crippen molar-refractivity contribution in [3.8, 4) is 0 Å². The van der Waals surface area contributed by atoms with Crippen LogP contribution in [-0.2, 0) is 9.53 Å². The average Bonchev–Trinajstić information content (AvgIpc) is 3.01. The number of carbonyl (C=O) groups excluding carboxylic acids is 2. The van der Waals surface area contributed by atoms with Crippen LogP contribution in [0.4, 0.5) is 0 Å². The highest BCUT2D eigenvalue weighted by Crippen LogP contribution is 2.25. The average molecular weight is 359 g/mol. The number of nitrogens with zero attached hydrogens (tertiary/aromatic N) is 3. The maximum Gasteiger partial charge on any atom is 0.264 e. The number of rotatable bonds is 4. The fourth-order valence-corrected chi connectivity index (χ4v) is 2.93. The van der Waals surface area contributed by atoms with Gasteiger partial charge in [-0.3, -0.25) is 14.4 Å². The summed E-state index contributed by atoms with van der Waals surface area (Å²) in [5.74, 6) is -0.942. The molecular weight excluding hydrogens is 338 g/mol. The maximum absolute atomic E-state index is 12.4. The van der Waals surface area contributed by atoms with Crippen molar-refractivity contribution in [1.82, 2.24) is 19.5 Å². The molecule has 9 nitrogen and oxygen atoms in total. The lowest BCUT2D eigenvalue weighted by Gasteiger charge is -2.38. The number of amides is 2. The molecule has 3 N–H and O–H groups in total. The van der Waals surface area contributed by atoms with Crippen molar-refractivity contribution in [2.24, 2.45) is 5.73 Å². The molecule has 1 aliphatic rings. The second-order valence-electron chi connectivity index (χ2n) is 6.57.